The van der Waals surface area contributed by atoms with Crippen LogP contribution in [-0.4, -0.2) is 27.7 Å². The standard InChI is InChI=1S/C22H23N3O3/c1-4-19-23-18-13-9-8-12-17(18)21(26)25(19)24-14(2)20(24)22(27)28-15(3)16-10-6-5-7-11-16/h5-15,20H,4H2,1-3H3/t14-,15+,20+,24?/m0/s1. The summed E-state index contributed by atoms with van der Waals surface area (Å²) in [7, 11) is 0. The molecule has 1 saturated heterocycles. The van der Waals surface area contributed by atoms with E-state index >= 15 is 0 Å². The van der Waals surface area contributed by atoms with Gasteiger partial charge in [0.1, 0.15) is 11.9 Å². The van der Waals surface area contributed by atoms with Crippen LogP contribution in [0.4, 0.5) is 0 Å². The minimum Gasteiger partial charge on any atom is -0.456 e. The van der Waals surface area contributed by atoms with Crippen LogP contribution >= 0.6 is 0 Å². The molecular formula is C22H23N3O3. The van der Waals surface area contributed by atoms with Gasteiger partial charge in [-0.15, -0.1) is 0 Å². The lowest BCUT2D eigenvalue weighted by atomic mass is 10.1. The number of carbonyl (C=O) groups is 1. The smallest absolute Gasteiger partial charge is 0.333 e. The summed E-state index contributed by atoms with van der Waals surface area (Å²) >= 11 is 0. The quantitative estimate of drug-likeness (QED) is 0.505. The molecule has 1 aromatic heterocycles. The number of hydrogen-bond donors (Lipinski definition) is 0. The molecule has 1 aliphatic heterocycles. The van der Waals surface area contributed by atoms with Crippen LogP contribution < -0.4 is 10.6 Å². The third-order valence-electron chi connectivity index (χ3n) is 5.24. The van der Waals surface area contributed by atoms with Crippen LogP contribution in [0, 0.1) is 0 Å². The molecule has 0 radical (unpaired) electrons. The average Bonchev–Trinajstić information content (AvgIpc) is 3.38. The van der Waals surface area contributed by atoms with Crippen LogP contribution in [0.5, 0.6) is 0 Å². The zero-order chi connectivity index (χ0) is 19.8. The third kappa shape index (κ3) is 3.05. The Morgan fingerprint density at radius 3 is 2.54 bits per heavy atom. The normalized spacial score (nSPS) is 19.5. The van der Waals surface area contributed by atoms with Gasteiger partial charge in [0, 0.05) is 6.42 Å². The van der Waals surface area contributed by atoms with E-state index in [-0.39, 0.29) is 23.7 Å². The zero-order valence-electron chi connectivity index (χ0n) is 16.2. The molecule has 0 saturated carbocycles. The van der Waals surface area contributed by atoms with Gasteiger partial charge in [0.05, 0.1) is 16.9 Å². The summed E-state index contributed by atoms with van der Waals surface area (Å²) in [6, 6.07) is 16.3. The molecule has 3 atom stereocenters. The number of esters is 1. The first-order chi connectivity index (χ1) is 13.5. The molecule has 0 bridgehead atoms. The highest BCUT2D eigenvalue weighted by molar-refractivity contribution is 5.85. The summed E-state index contributed by atoms with van der Waals surface area (Å²) < 4.78 is 7.21. The number of ether oxygens (including phenoxy) is 1. The van der Waals surface area contributed by atoms with E-state index < -0.39 is 6.04 Å². The summed E-state index contributed by atoms with van der Waals surface area (Å²) in [5.74, 6) is 0.313. The first kappa shape index (κ1) is 18.2. The Labute approximate surface area is 163 Å². The number of rotatable bonds is 5. The topological polar surface area (TPSA) is 64.2 Å². The number of fused-ring (bicyclic) bond motifs is 1. The number of nitrogens with zero attached hydrogens (tertiary/aromatic N) is 3. The van der Waals surface area contributed by atoms with Crippen molar-refractivity contribution in [3.05, 3.63) is 76.3 Å². The molecule has 0 aliphatic carbocycles. The number of aromatic nitrogens is 2. The fourth-order valence-corrected chi connectivity index (χ4v) is 3.62. The summed E-state index contributed by atoms with van der Waals surface area (Å²) in [6.07, 6.45) is 0.242. The third-order valence-corrected chi connectivity index (χ3v) is 5.24. The maximum absolute atomic E-state index is 13.1. The van der Waals surface area contributed by atoms with Crippen molar-refractivity contribution in [1.29, 1.82) is 0 Å². The van der Waals surface area contributed by atoms with E-state index in [0.717, 1.165) is 5.56 Å². The molecular weight excluding hydrogens is 354 g/mol. The average molecular weight is 377 g/mol. The van der Waals surface area contributed by atoms with Crippen LogP contribution in [0.15, 0.2) is 59.4 Å². The van der Waals surface area contributed by atoms with Gasteiger partial charge in [-0.3, -0.25) is 9.80 Å². The fourth-order valence-electron chi connectivity index (χ4n) is 3.62. The highest BCUT2D eigenvalue weighted by atomic mass is 16.5. The van der Waals surface area contributed by atoms with Gasteiger partial charge in [-0.25, -0.2) is 14.5 Å². The molecule has 0 unspecified atom stereocenters. The van der Waals surface area contributed by atoms with Gasteiger partial charge in [0.25, 0.3) is 5.56 Å². The molecule has 144 valence electrons. The largest absolute Gasteiger partial charge is 0.456 e. The van der Waals surface area contributed by atoms with Crippen molar-refractivity contribution < 1.29 is 9.53 Å². The van der Waals surface area contributed by atoms with Gasteiger partial charge < -0.3 is 4.74 Å². The summed E-state index contributed by atoms with van der Waals surface area (Å²) in [6.45, 7) is 5.72. The lowest BCUT2D eigenvalue weighted by molar-refractivity contribution is -0.147. The predicted octanol–water partition coefficient (Wildman–Crippen LogP) is 2.97. The minimum atomic E-state index is -0.489. The Bertz CT molecular complexity index is 1080. The van der Waals surface area contributed by atoms with Gasteiger partial charge in [-0.1, -0.05) is 49.4 Å². The van der Waals surface area contributed by atoms with Gasteiger partial charge in [-0.2, -0.15) is 0 Å². The van der Waals surface area contributed by atoms with E-state index in [1.165, 1.54) is 0 Å². The zero-order valence-corrected chi connectivity index (χ0v) is 16.2. The number of hydrogen-bond acceptors (Lipinski definition) is 5. The van der Waals surface area contributed by atoms with Crippen LogP contribution in [0.1, 0.15) is 38.3 Å². The van der Waals surface area contributed by atoms with E-state index in [2.05, 4.69) is 4.98 Å². The highest BCUT2D eigenvalue weighted by Crippen LogP contribution is 2.29. The van der Waals surface area contributed by atoms with Gasteiger partial charge in [-0.05, 0) is 31.5 Å². The van der Waals surface area contributed by atoms with Crippen molar-refractivity contribution in [2.45, 2.75) is 45.4 Å². The summed E-state index contributed by atoms with van der Waals surface area (Å²) in [5.41, 5.74) is 1.46. The first-order valence-corrected chi connectivity index (χ1v) is 9.57. The van der Waals surface area contributed by atoms with Gasteiger partial charge in [0.2, 0.25) is 0 Å². The predicted molar refractivity (Wildman–Crippen MR) is 108 cm³/mol. The molecule has 4 rings (SSSR count). The van der Waals surface area contributed by atoms with Crippen molar-refractivity contribution in [2.24, 2.45) is 0 Å². The number of aryl methyl sites for hydroxylation is 1. The van der Waals surface area contributed by atoms with Crippen molar-refractivity contribution in [1.82, 2.24) is 9.66 Å². The fraction of sp³-hybridized carbons (Fsp3) is 0.318. The van der Waals surface area contributed by atoms with Crippen LogP contribution in [0.2, 0.25) is 0 Å². The maximum Gasteiger partial charge on any atom is 0.333 e. The van der Waals surface area contributed by atoms with E-state index in [0.29, 0.717) is 23.1 Å². The Morgan fingerprint density at radius 2 is 1.82 bits per heavy atom. The van der Waals surface area contributed by atoms with Crippen molar-refractivity contribution in [3.8, 4) is 0 Å². The van der Waals surface area contributed by atoms with Crippen molar-refractivity contribution >= 4 is 16.9 Å². The summed E-state index contributed by atoms with van der Waals surface area (Å²) in [4.78, 5) is 30.5. The first-order valence-electron chi connectivity index (χ1n) is 9.57. The lowest BCUT2D eigenvalue weighted by Crippen LogP contribution is -2.36. The molecule has 1 aliphatic rings. The van der Waals surface area contributed by atoms with Crippen molar-refractivity contribution in [2.75, 3.05) is 5.01 Å². The van der Waals surface area contributed by atoms with E-state index in [4.69, 9.17) is 4.74 Å². The Morgan fingerprint density at radius 1 is 1.14 bits per heavy atom. The molecule has 3 aromatic rings. The molecule has 28 heavy (non-hydrogen) atoms. The molecule has 1 fully saturated rings. The molecule has 0 N–H and O–H groups in total. The van der Waals surface area contributed by atoms with Gasteiger partial charge >= 0.3 is 5.97 Å². The molecule has 0 amide bonds. The van der Waals surface area contributed by atoms with Gasteiger partial charge in [0.15, 0.2) is 6.04 Å². The monoisotopic (exact) mass is 377 g/mol. The molecule has 2 aromatic carbocycles. The molecule has 0 spiro atoms. The number of benzene rings is 2. The van der Waals surface area contributed by atoms with Crippen LogP contribution in [-0.2, 0) is 16.0 Å². The van der Waals surface area contributed by atoms with Crippen LogP contribution in [0.25, 0.3) is 10.9 Å². The maximum atomic E-state index is 13.1. The molecule has 2 heterocycles. The van der Waals surface area contributed by atoms with Crippen LogP contribution in [0.3, 0.4) is 0 Å². The van der Waals surface area contributed by atoms with E-state index in [1.807, 2.05) is 69.3 Å². The number of carbonyl (C=O) groups excluding carboxylic acids is 1. The van der Waals surface area contributed by atoms with E-state index in [9.17, 15) is 9.59 Å². The van der Waals surface area contributed by atoms with Crippen molar-refractivity contribution in [3.63, 3.8) is 0 Å². The second-order valence-corrected chi connectivity index (χ2v) is 7.07. The summed E-state index contributed by atoms with van der Waals surface area (Å²) in [5, 5.41) is 2.31. The lowest BCUT2D eigenvalue weighted by Gasteiger charge is -2.16. The SMILES string of the molecule is CCc1nc2ccccc2c(=O)n1N1[C@@H](C)[C@@H]1C(=O)O[C@H](C)c1ccccc1. The van der Waals surface area contributed by atoms with E-state index in [1.54, 1.807) is 15.8 Å². The second kappa shape index (κ2) is 7.11. The minimum absolute atomic E-state index is 0.124. The number of para-hydroxylation sites is 1. The Balaban J connectivity index is 1.62. The molecule has 6 heteroatoms. The Hall–Kier alpha value is -3.15. The molecule has 6 nitrogen and oxygen atoms in total. The second-order valence-electron chi connectivity index (χ2n) is 7.07. The Kier molecular flexibility index (Phi) is 4.63. The highest BCUT2D eigenvalue weighted by Gasteiger charge is 2.53.